The number of rotatable bonds is 8. The van der Waals surface area contributed by atoms with E-state index in [0.717, 1.165) is 23.5 Å². The van der Waals surface area contributed by atoms with Crippen LogP contribution in [0.4, 0.5) is 0 Å². The standard InChI is InChI=1S/C11H18BrNO4S/c1-3-17-11(16)9(13-8(2)14)7-18-10(15)5-4-6-12/h9H,3-7H2,1-2H3,(H,13,14)/t9-/m0/s1. The van der Waals surface area contributed by atoms with Gasteiger partial charge in [-0.15, -0.1) is 0 Å². The molecule has 18 heavy (non-hydrogen) atoms. The van der Waals surface area contributed by atoms with Crippen LogP contribution in [0.5, 0.6) is 0 Å². The first-order valence-corrected chi connectivity index (χ1v) is 7.77. The number of thioether (sulfide) groups is 1. The van der Waals surface area contributed by atoms with E-state index < -0.39 is 12.0 Å². The van der Waals surface area contributed by atoms with E-state index >= 15 is 0 Å². The van der Waals surface area contributed by atoms with Crippen molar-refractivity contribution in [1.29, 1.82) is 0 Å². The Labute approximate surface area is 120 Å². The number of carbonyl (C=O) groups excluding carboxylic acids is 3. The Kier molecular flexibility index (Phi) is 10.0. The summed E-state index contributed by atoms with van der Waals surface area (Å²) in [5.74, 6) is -0.616. The molecule has 1 atom stereocenters. The van der Waals surface area contributed by atoms with Crippen LogP contribution in [0.1, 0.15) is 26.7 Å². The van der Waals surface area contributed by atoms with Gasteiger partial charge in [0.2, 0.25) is 5.91 Å². The fraction of sp³-hybridized carbons (Fsp3) is 0.727. The van der Waals surface area contributed by atoms with E-state index in [0.29, 0.717) is 6.42 Å². The zero-order valence-corrected chi connectivity index (χ0v) is 12.9. The van der Waals surface area contributed by atoms with Gasteiger partial charge < -0.3 is 10.1 Å². The van der Waals surface area contributed by atoms with Crippen molar-refractivity contribution in [3.8, 4) is 0 Å². The smallest absolute Gasteiger partial charge is 0.329 e. The second kappa shape index (κ2) is 10.4. The molecule has 1 amide bonds. The molecule has 0 aliphatic carbocycles. The Morgan fingerprint density at radius 2 is 2.06 bits per heavy atom. The van der Waals surface area contributed by atoms with E-state index in [9.17, 15) is 14.4 Å². The van der Waals surface area contributed by atoms with Gasteiger partial charge in [-0.1, -0.05) is 27.7 Å². The van der Waals surface area contributed by atoms with Crippen LogP contribution in [0, 0.1) is 0 Å². The average Bonchev–Trinajstić information content (AvgIpc) is 2.31. The molecule has 0 rings (SSSR count). The highest BCUT2D eigenvalue weighted by molar-refractivity contribution is 9.09. The summed E-state index contributed by atoms with van der Waals surface area (Å²) in [6.45, 7) is 3.26. The van der Waals surface area contributed by atoms with Crippen molar-refractivity contribution >= 4 is 44.7 Å². The molecule has 1 N–H and O–H groups in total. The van der Waals surface area contributed by atoms with Crippen molar-refractivity contribution in [2.24, 2.45) is 0 Å². The third-order valence-corrected chi connectivity index (χ3v) is 3.46. The number of hydrogen-bond donors (Lipinski definition) is 1. The Balaban J connectivity index is 4.19. The maximum Gasteiger partial charge on any atom is 0.329 e. The van der Waals surface area contributed by atoms with Crippen LogP contribution in [-0.4, -0.2) is 40.7 Å². The maximum atomic E-state index is 11.5. The van der Waals surface area contributed by atoms with E-state index in [1.165, 1.54) is 6.92 Å². The van der Waals surface area contributed by atoms with Gasteiger partial charge in [0.1, 0.15) is 6.04 Å². The Morgan fingerprint density at radius 1 is 1.39 bits per heavy atom. The van der Waals surface area contributed by atoms with E-state index in [1.54, 1.807) is 6.92 Å². The number of hydrogen-bond acceptors (Lipinski definition) is 5. The fourth-order valence-electron chi connectivity index (χ4n) is 1.12. The second-order valence-electron chi connectivity index (χ2n) is 3.48. The largest absolute Gasteiger partial charge is 0.464 e. The Bertz CT molecular complexity index is 299. The fourth-order valence-corrected chi connectivity index (χ4v) is 2.26. The minimum Gasteiger partial charge on any atom is -0.464 e. The second-order valence-corrected chi connectivity index (χ2v) is 5.35. The first-order chi connectivity index (χ1) is 8.51. The van der Waals surface area contributed by atoms with Crippen LogP contribution >= 0.6 is 27.7 Å². The lowest BCUT2D eigenvalue weighted by molar-refractivity contribution is -0.146. The summed E-state index contributed by atoms with van der Waals surface area (Å²) in [7, 11) is 0. The topological polar surface area (TPSA) is 72.5 Å². The molecule has 104 valence electrons. The van der Waals surface area contributed by atoms with Gasteiger partial charge in [0, 0.05) is 24.4 Å². The van der Waals surface area contributed by atoms with E-state index in [2.05, 4.69) is 21.2 Å². The first kappa shape index (κ1) is 17.4. The summed E-state index contributed by atoms with van der Waals surface area (Å²) in [5, 5.41) is 3.26. The van der Waals surface area contributed by atoms with Crippen molar-refractivity contribution in [3.63, 3.8) is 0 Å². The lowest BCUT2D eigenvalue weighted by Crippen LogP contribution is -2.42. The van der Waals surface area contributed by atoms with Gasteiger partial charge in [0.25, 0.3) is 0 Å². The number of nitrogens with one attached hydrogen (secondary N) is 1. The number of amides is 1. The third kappa shape index (κ3) is 8.52. The molecule has 0 radical (unpaired) electrons. The van der Waals surface area contributed by atoms with E-state index in [1.807, 2.05) is 0 Å². The Hall–Kier alpha value is -0.560. The SMILES string of the molecule is CCOC(=O)[C@H](CSC(=O)CCCBr)NC(C)=O. The number of ether oxygens (including phenoxy) is 1. The first-order valence-electron chi connectivity index (χ1n) is 5.66. The van der Waals surface area contributed by atoms with Crippen LogP contribution in [0.25, 0.3) is 0 Å². The van der Waals surface area contributed by atoms with Crippen LogP contribution in [-0.2, 0) is 19.1 Å². The van der Waals surface area contributed by atoms with Gasteiger partial charge >= 0.3 is 5.97 Å². The summed E-state index contributed by atoms with van der Waals surface area (Å²) in [4.78, 5) is 33.9. The predicted octanol–water partition coefficient (Wildman–Crippen LogP) is 1.49. The van der Waals surface area contributed by atoms with E-state index in [-0.39, 0.29) is 23.4 Å². The average molecular weight is 340 g/mol. The van der Waals surface area contributed by atoms with Crippen molar-refractivity contribution in [2.45, 2.75) is 32.7 Å². The van der Waals surface area contributed by atoms with Gasteiger partial charge in [0.05, 0.1) is 6.61 Å². The summed E-state index contributed by atoms with van der Waals surface area (Å²) in [6.07, 6.45) is 1.21. The lowest BCUT2D eigenvalue weighted by Gasteiger charge is -2.15. The quantitative estimate of drug-likeness (QED) is 0.535. The monoisotopic (exact) mass is 339 g/mol. The Morgan fingerprint density at radius 3 is 2.56 bits per heavy atom. The molecule has 0 aliphatic heterocycles. The number of halogens is 1. The zero-order chi connectivity index (χ0) is 14.0. The molecule has 0 bridgehead atoms. The summed E-state index contributed by atoms with van der Waals surface area (Å²) < 4.78 is 4.83. The van der Waals surface area contributed by atoms with Crippen LogP contribution in [0.3, 0.4) is 0 Å². The molecular formula is C11H18BrNO4S. The van der Waals surface area contributed by atoms with Crippen molar-refractivity contribution in [1.82, 2.24) is 5.32 Å². The molecule has 0 saturated carbocycles. The molecule has 0 fully saturated rings. The maximum absolute atomic E-state index is 11.5. The third-order valence-electron chi connectivity index (χ3n) is 1.87. The van der Waals surface area contributed by atoms with Crippen molar-refractivity contribution < 1.29 is 19.1 Å². The molecule has 0 aromatic rings. The van der Waals surface area contributed by atoms with Crippen LogP contribution < -0.4 is 5.32 Å². The van der Waals surface area contributed by atoms with Gasteiger partial charge in [-0.3, -0.25) is 9.59 Å². The molecule has 7 heteroatoms. The molecule has 5 nitrogen and oxygen atoms in total. The molecule has 0 heterocycles. The minimum absolute atomic E-state index is 0.00843. The lowest BCUT2D eigenvalue weighted by atomic mass is 10.3. The normalized spacial score (nSPS) is 11.7. The highest BCUT2D eigenvalue weighted by Gasteiger charge is 2.21. The van der Waals surface area contributed by atoms with Gasteiger partial charge in [-0.05, 0) is 13.3 Å². The number of carbonyl (C=O) groups is 3. The number of alkyl halides is 1. The number of esters is 1. The van der Waals surface area contributed by atoms with Crippen LogP contribution in [0.15, 0.2) is 0 Å². The molecule has 0 unspecified atom stereocenters. The minimum atomic E-state index is -0.764. The van der Waals surface area contributed by atoms with Crippen molar-refractivity contribution in [3.05, 3.63) is 0 Å². The molecule has 0 aliphatic rings. The van der Waals surface area contributed by atoms with Gasteiger partial charge in [-0.2, -0.15) is 0 Å². The van der Waals surface area contributed by atoms with Crippen LogP contribution in [0.2, 0.25) is 0 Å². The summed E-state index contributed by atoms with van der Waals surface area (Å²) in [5.41, 5.74) is 0. The zero-order valence-electron chi connectivity index (χ0n) is 10.5. The van der Waals surface area contributed by atoms with Crippen molar-refractivity contribution in [2.75, 3.05) is 17.7 Å². The molecule has 0 aromatic heterocycles. The van der Waals surface area contributed by atoms with Gasteiger partial charge in [-0.25, -0.2) is 4.79 Å². The van der Waals surface area contributed by atoms with Gasteiger partial charge in [0.15, 0.2) is 5.12 Å². The highest BCUT2D eigenvalue weighted by Crippen LogP contribution is 2.11. The van der Waals surface area contributed by atoms with E-state index in [4.69, 9.17) is 4.74 Å². The predicted molar refractivity (Wildman–Crippen MR) is 74.7 cm³/mol. The molecule has 0 aromatic carbocycles. The summed E-state index contributed by atoms with van der Waals surface area (Å²) >= 11 is 4.29. The molecule has 0 spiro atoms. The summed E-state index contributed by atoms with van der Waals surface area (Å²) in [6, 6.07) is -0.764. The molecular weight excluding hydrogens is 322 g/mol. The highest BCUT2D eigenvalue weighted by atomic mass is 79.9. The molecule has 0 saturated heterocycles.